The Kier molecular flexibility index (Phi) is 2.36. The predicted octanol–water partition coefficient (Wildman–Crippen LogP) is 1.80. The molecule has 1 rings (SSSR count). The number of aryl methyl sites for hydroxylation is 1. The van der Waals surface area contributed by atoms with Crippen LogP contribution in [-0.4, -0.2) is 0 Å². The van der Waals surface area contributed by atoms with Gasteiger partial charge in [0.15, 0.2) is 0 Å². The lowest BCUT2D eigenvalue weighted by atomic mass is 10.1. The zero-order chi connectivity index (χ0) is 8.27. The number of hydrogen-bond acceptors (Lipinski definition) is 2. The van der Waals surface area contributed by atoms with Gasteiger partial charge in [0.2, 0.25) is 0 Å². The van der Waals surface area contributed by atoms with Gasteiger partial charge in [0.1, 0.15) is 0 Å². The normalized spacial score (nSPS) is 9.91. The fraction of sp³-hybridized carbons (Fsp3) is 0.333. The SMILES string of the molecule is CCCc1cc(N)cc(N)c1. The molecule has 0 spiro atoms. The lowest BCUT2D eigenvalue weighted by molar-refractivity contribution is 0.923. The van der Waals surface area contributed by atoms with Crippen LogP contribution in [0.25, 0.3) is 0 Å². The van der Waals surface area contributed by atoms with Gasteiger partial charge in [-0.3, -0.25) is 0 Å². The maximum absolute atomic E-state index is 5.61. The summed E-state index contributed by atoms with van der Waals surface area (Å²) in [6, 6.07) is 5.72. The molecule has 0 saturated heterocycles. The van der Waals surface area contributed by atoms with Gasteiger partial charge in [-0.1, -0.05) is 13.3 Å². The minimum atomic E-state index is 0.758. The van der Waals surface area contributed by atoms with E-state index in [1.54, 1.807) is 6.07 Å². The van der Waals surface area contributed by atoms with E-state index in [1.807, 2.05) is 12.1 Å². The highest BCUT2D eigenvalue weighted by Gasteiger charge is 1.94. The fourth-order valence-corrected chi connectivity index (χ4v) is 1.18. The second-order valence-corrected chi connectivity index (χ2v) is 2.76. The first kappa shape index (κ1) is 7.92. The fourth-order valence-electron chi connectivity index (χ4n) is 1.18. The Hall–Kier alpha value is -1.18. The third kappa shape index (κ3) is 2.15. The van der Waals surface area contributed by atoms with Crippen molar-refractivity contribution in [1.82, 2.24) is 0 Å². The van der Waals surface area contributed by atoms with Crippen LogP contribution in [0.2, 0.25) is 0 Å². The minimum absolute atomic E-state index is 0.758. The summed E-state index contributed by atoms with van der Waals surface area (Å²) in [5.74, 6) is 0. The van der Waals surface area contributed by atoms with Crippen molar-refractivity contribution in [2.45, 2.75) is 19.8 Å². The van der Waals surface area contributed by atoms with Gasteiger partial charge in [-0.15, -0.1) is 0 Å². The summed E-state index contributed by atoms with van der Waals surface area (Å²) >= 11 is 0. The van der Waals surface area contributed by atoms with E-state index in [-0.39, 0.29) is 0 Å². The van der Waals surface area contributed by atoms with E-state index in [0.717, 1.165) is 24.2 Å². The Bertz CT molecular complexity index is 223. The molecule has 0 aliphatic rings. The van der Waals surface area contributed by atoms with Crippen molar-refractivity contribution in [2.75, 3.05) is 11.5 Å². The maximum Gasteiger partial charge on any atom is 0.0337 e. The van der Waals surface area contributed by atoms with E-state index in [0.29, 0.717) is 0 Å². The van der Waals surface area contributed by atoms with Crippen LogP contribution in [0, 0.1) is 0 Å². The van der Waals surface area contributed by atoms with Crippen LogP contribution in [0.5, 0.6) is 0 Å². The Labute approximate surface area is 67.2 Å². The molecular formula is C9H14N2. The van der Waals surface area contributed by atoms with Crippen molar-refractivity contribution in [3.05, 3.63) is 23.8 Å². The van der Waals surface area contributed by atoms with Gasteiger partial charge in [-0.2, -0.15) is 0 Å². The summed E-state index contributed by atoms with van der Waals surface area (Å²) in [6.07, 6.45) is 2.18. The van der Waals surface area contributed by atoms with Crippen molar-refractivity contribution in [1.29, 1.82) is 0 Å². The molecular weight excluding hydrogens is 136 g/mol. The molecule has 0 bridgehead atoms. The van der Waals surface area contributed by atoms with Crippen LogP contribution in [0.4, 0.5) is 11.4 Å². The van der Waals surface area contributed by atoms with Crippen molar-refractivity contribution in [2.24, 2.45) is 0 Å². The number of nitrogens with two attached hydrogens (primary N) is 2. The maximum atomic E-state index is 5.61. The molecule has 4 N–H and O–H groups in total. The van der Waals surface area contributed by atoms with E-state index in [4.69, 9.17) is 11.5 Å². The van der Waals surface area contributed by atoms with Gasteiger partial charge in [0, 0.05) is 11.4 Å². The minimum Gasteiger partial charge on any atom is -0.399 e. The summed E-state index contributed by atoms with van der Waals surface area (Å²) in [5, 5.41) is 0. The molecule has 0 unspecified atom stereocenters. The second kappa shape index (κ2) is 3.28. The molecule has 0 heterocycles. The molecule has 0 fully saturated rings. The van der Waals surface area contributed by atoms with E-state index in [2.05, 4.69) is 6.92 Å². The molecule has 60 valence electrons. The highest BCUT2D eigenvalue weighted by atomic mass is 14.6. The number of anilines is 2. The molecule has 11 heavy (non-hydrogen) atoms. The Morgan fingerprint density at radius 2 is 1.64 bits per heavy atom. The van der Waals surface area contributed by atoms with Crippen LogP contribution < -0.4 is 11.5 Å². The average molecular weight is 150 g/mol. The third-order valence-electron chi connectivity index (χ3n) is 1.58. The van der Waals surface area contributed by atoms with Gasteiger partial charge in [0.05, 0.1) is 0 Å². The molecule has 0 aliphatic carbocycles. The summed E-state index contributed by atoms with van der Waals surface area (Å²) in [5.41, 5.74) is 14.0. The molecule has 0 aromatic heterocycles. The number of hydrogen-bond donors (Lipinski definition) is 2. The number of rotatable bonds is 2. The summed E-state index contributed by atoms with van der Waals surface area (Å²) in [4.78, 5) is 0. The summed E-state index contributed by atoms with van der Waals surface area (Å²) < 4.78 is 0. The van der Waals surface area contributed by atoms with E-state index in [9.17, 15) is 0 Å². The van der Waals surface area contributed by atoms with Crippen molar-refractivity contribution < 1.29 is 0 Å². The van der Waals surface area contributed by atoms with Gasteiger partial charge in [-0.05, 0) is 30.2 Å². The smallest absolute Gasteiger partial charge is 0.0337 e. The monoisotopic (exact) mass is 150 g/mol. The number of benzene rings is 1. The Morgan fingerprint density at radius 1 is 1.09 bits per heavy atom. The summed E-state index contributed by atoms with van der Waals surface area (Å²) in [7, 11) is 0. The highest BCUT2D eigenvalue weighted by molar-refractivity contribution is 5.54. The average Bonchev–Trinajstić information content (AvgIpc) is 1.85. The van der Waals surface area contributed by atoms with E-state index >= 15 is 0 Å². The van der Waals surface area contributed by atoms with Crippen LogP contribution in [0.15, 0.2) is 18.2 Å². The van der Waals surface area contributed by atoms with E-state index < -0.39 is 0 Å². The van der Waals surface area contributed by atoms with Crippen LogP contribution in [0.1, 0.15) is 18.9 Å². The molecule has 0 saturated carbocycles. The lowest BCUT2D eigenvalue weighted by Gasteiger charge is -2.01. The molecule has 0 atom stereocenters. The third-order valence-corrected chi connectivity index (χ3v) is 1.58. The van der Waals surface area contributed by atoms with Gasteiger partial charge < -0.3 is 11.5 Å². The second-order valence-electron chi connectivity index (χ2n) is 2.76. The van der Waals surface area contributed by atoms with Crippen molar-refractivity contribution in [3.63, 3.8) is 0 Å². The predicted molar refractivity (Wildman–Crippen MR) is 49.3 cm³/mol. The van der Waals surface area contributed by atoms with Crippen molar-refractivity contribution >= 4 is 11.4 Å². The quantitative estimate of drug-likeness (QED) is 0.631. The zero-order valence-electron chi connectivity index (χ0n) is 6.80. The van der Waals surface area contributed by atoms with Crippen molar-refractivity contribution in [3.8, 4) is 0 Å². The zero-order valence-corrected chi connectivity index (χ0v) is 6.80. The van der Waals surface area contributed by atoms with Gasteiger partial charge >= 0.3 is 0 Å². The molecule has 0 amide bonds. The topological polar surface area (TPSA) is 52.0 Å². The summed E-state index contributed by atoms with van der Waals surface area (Å²) in [6.45, 7) is 2.14. The van der Waals surface area contributed by atoms with E-state index in [1.165, 1.54) is 5.56 Å². The standard InChI is InChI=1S/C9H14N2/c1-2-3-7-4-8(10)6-9(11)5-7/h4-6H,2-3,10-11H2,1H3. The highest BCUT2D eigenvalue weighted by Crippen LogP contribution is 2.14. The van der Waals surface area contributed by atoms with Crippen LogP contribution in [-0.2, 0) is 6.42 Å². The van der Waals surface area contributed by atoms with Crippen LogP contribution in [0.3, 0.4) is 0 Å². The van der Waals surface area contributed by atoms with Crippen LogP contribution >= 0.6 is 0 Å². The Balaban J connectivity index is 2.89. The molecule has 2 heteroatoms. The van der Waals surface area contributed by atoms with Gasteiger partial charge in [0.25, 0.3) is 0 Å². The van der Waals surface area contributed by atoms with Gasteiger partial charge in [-0.25, -0.2) is 0 Å². The molecule has 0 aliphatic heterocycles. The molecule has 0 radical (unpaired) electrons. The first-order valence-corrected chi connectivity index (χ1v) is 3.87. The first-order valence-electron chi connectivity index (χ1n) is 3.87. The molecule has 1 aromatic carbocycles. The lowest BCUT2D eigenvalue weighted by Crippen LogP contribution is -1.93. The molecule has 1 aromatic rings. The molecule has 2 nitrogen and oxygen atoms in total. The first-order chi connectivity index (χ1) is 5.22. The number of nitrogen functional groups attached to an aromatic ring is 2. The largest absolute Gasteiger partial charge is 0.399 e. The Morgan fingerprint density at radius 3 is 2.09 bits per heavy atom.